The van der Waals surface area contributed by atoms with Crippen LogP contribution in [0.4, 0.5) is 0 Å². The molecule has 0 heterocycles. The van der Waals surface area contributed by atoms with E-state index in [2.05, 4.69) is 5.32 Å². The van der Waals surface area contributed by atoms with Crippen LogP contribution in [0.3, 0.4) is 0 Å². The number of benzene rings is 1. The highest BCUT2D eigenvalue weighted by atomic mass is 16.4. The molecule has 0 aromatic heterocycles. The lowest BCUT2D eigenvalue weighted by Gasteiger charge is -2.21. The number of aliphatic carboxylic acids is 1. The van der Waals surface area contributed by atoms with Crippen LogP contribution in [0.5, 0.6) is 0 Å². The van der Waals surface area contributed by atoms with Crippen molar-refractivity contribution in [1.82, 2.24) is 5.32 Å². The van der Waals surface area contributed by atoms with Gasteiger partial charge in [0, 0.05) is 0 Å². The van der Waals surface area contributed by atoms with E-state index >= 15 is 0 Å². The number of aliphatic hydroxyl groups is 1. The van der Waals surface area contributed by atoms with Crippen LogP contribution in [0.25, 0.3) is 0 Å². The molecule has 5 nitrogen and oxygen atoms in total. The van der Waals surface area contributed by atoms with Crippen molar-refractivity contribution in [2.24, 2.45) is 11.8 Å². The average Bonchev–Trinajstić information content (AvgIpc) is 2.97. The normalized spacial score (nSPS) is 22.7. The molecule has 1 aromatic carbocycles. The Hall–Kier alpha value is -1.88. The molecule has 1 aliphatic rings. The van der Waals surface area contributed by atoms with E-state index in [-0.39, 0.29) is 18.6 Å². The summed E-state index contributed by atoms with van der Waals surface area (Å²) in [6, 6.07) is 9.21. The molecule has 1 aliphatic carbocycles. The molecule has 2 rings (SSSR count). The second-order valence-electron chi connectivity index (χ2n) is 5.56. The molecule has 21 heavy (non-hydrogen) atoms. The van der Waals surface area contributed by atoms with Crippen LogP contribution in [0.2, 0.25) is 0 Å². The Morgan fingerprint density at radius 3 is 2.48 bits per heavy atom. The van der Waals surface area contributed by atoms with Gasteiger partial charge in [-0.15, -0.1) is 0 Å². The first kappa shape index (κ1) is 15.5. The Labute approximate surface area is 124 Å². The lowest BCUT2D eigenvalue weighted by atomic mass is 9.94. The van der Waals surface area contributed by atoms with Crippen LogP contribution < -0.4 is 5.32 Å². The fraction of sp³-hybridized carbons (Fsp3) is 0.500. The molecule has 1 amide bonds. The van der Waals surface area contributed by atoms with Gasteiger partial charge >= 0.3 is 5.97 Å². The Morgan fingerprint density at radius 2 is 1.86 bits per heavy atom. The standard InChI is InChI=1S/C16H21NO4/c18-10-12(9-11-5-2-1-3-6-11)17-15(19)13-7-4-8-14(13)16(20)21/h1-3,5-6,12-14,18H,4,7-10H2,(H,17,19)(H,20,21)/t12-,13+,14-/m0/s1. The van der Waals surface area contributed by atoms with Crippen molar-refractivity contribution >= 4 is 11.9 Å². The zero-order chi connectivity index (χ0) is 15.2. The number of rotatable bonds is 6. The zero-order valence-corrected chi connectivity index (χ0v) is 11.9. The van der Waals surface area contributed by atoms with Crippen LogP contribution in [0.15, 0.2) is 30.3 Å². The second-order valence-corrected chi connectivity index (χ2v) is 5.56. The number of carboxylic acid groups (broad SMARTS) is 1. The number of aliphatic hydroxyl groups excluding tert-OH is 1. The maximum absolute atomic E-state index is 12.2. The molecule has 0 bridgehead atoms. The average molecular weight is 291 g/mol. The van der Waals surface area contributed by atoms with Gasteiger partial charge in [0.2, 0.25) is 5.91 Å². The molecule has 5 heteroatoms. The van der Waals surface area contributed by atoms with Gasteiger partial charge in [-0.2, -0.15) is 0 Å². The molecule has 3 N–H and O–H groups in total. The van der Waals surface area contributed by atoms with E-state index in [9.17, 15) is 14.7 Å². The summed E-state index contributed by atoms with van der Waals surface area (Å²) in [5.74, 6) is -2.24. The Morgan fingerprint density at radius 1 is 1.19 bits per heavy atom. The van der Waals surface area contributed by atoms with E-state index < -0.39 is 17.8 Å². The molecule has 3 atom stereocenters. The van der Waals surface area contributed by atoms with Gasteiger partial charge in [0.25, 0.3) is 0 Å². The highest BCUT2D eigenvalue weighted by Gasteiger charge is 2.38. The first-order valence-electron chi connectivity index (χ1n) is 7.29. The quantitative estimate of drug-likeness (QED) is 0.735. The topological polar surface area (TPSA) is 86.6 Å². The Balaban J connectivity index is 1.95. The highest BCUT2D eigenvalue weighted by molar-refractivity contribution is 5.85. The van der Waals surface area contributed by atoms with Crippen molar-refractivity contribution in [2.75, 3.05) is 6.61 Å². The lowest BCUT2D eigenvalue weighted by molar-refractivity contribution is -0.146. The summed E-state index contributed by atoms with van der Waals surface area (Å²) in [7, 11) is 0. The van der Waals surface area contributed by atoms with Crippen molar-refractivity contribution in [2.45, 2.75) is 31.7 Å². The van der Waals surface area contributed by atoms with Crippen molar-refractivity contribution in [3.8, 4) is 0 Å². The van der Waals surface area contributed by atoms with Crippen molar-refractivity contribution < 1.29 is 19.8 Å². The molecule has 1 aromatic rings. The van der Waals surface area contributed by atoms with Gasteiger partial charge in [-0.1, -0.05) is 36.8 Å². The van der Waals surface area contributed by atoms with Crippen LogP contribution >= 0.6 is 0 Å². The third kappa shape index (κ3) is 4.04. The number of nitrogens with one attached hydrogen (secondary N) is 1. The number of hydrogen-bond donors (Lipinski definition) is 3. The number of hydrogen-bond acceptors (Lipinski definition) is 3. The number of carbonyl (C=O) groups excluding carboxylic acids is 1. The van der Waals surface area contributed by atoms with Gasteiger partial charge in [0.1, 0.15) is 0 Å². The molecule has 114 valence electrons. The van der Waals surface area contributed by atoms with E-state index in [1.807, 2.05) is 30.3 Å². The summed E-state index contributed by atoms with van der Waals surface area (Å²) in [5, 5.41) is 21.3. The molecule has 0 radical (unpaired) electrons. The van der Waals surface area contributed by atoms with E-state index in [1.165, 1.54) is 0 Å². The van der Waals surface area contributed by atoms with Crippen LogP contribution in [0.1, 0.15) is 24.8 Å². The Kier molecular flexibility index (Phi) is 5.33. The first-order valence-corrected chi connectivity index (χ1v) is 7.29. The molecular weight excluding hydrogens is 270 g/mol. The third-order valence-corrected chi connectivity index (χ3v) is 4.06. The van der Waals surface area contributed by atoms with Gasteiger partial charge < -0.3 is 15.5 Å². The van der Waals surface area contributed by atoms with Gasteiger partial charge in [-0.25, -0.2) is 0 Å². The molecular formula is C16H21NO4. The van der Waals surface area contributed by atoms with Gasteiger partial charge in [0.05, 0.1) is 24.5 Å². The summed E-state index contributed by atoms with van der Waals surface area (Å²) in [4.78, 5) is 23.4. The molecule has 0 saturated heterocycles. The maximum Gasteiger partial charge on any atom is 0.307 e. The summed E-state index contributed by atoms with van der Waals surface area (Å²) in [6.45, 7) is -0.162. The number of amides is 1. The molecule has 0 aliphatic heterocycles. The molecule has 1 saturated carbocycles. The monoisotopic (exact) mass is 291 g/mol. The van der Waals surface area contributed by atoms with Gasteiger partial charge in [0.15, 0.2) is 0 Å². The summed E-state index contributed by atoms with van der Waals surface area (Å²) >= 11 is 0. The number of carboxylic acids is 1. The molecule has 1 fully saturated rings. The minimum Gasteiger partial charge on any atom is -0.481 e. The maximum atomic E-state index is 12.2. The number of carbonyl (C=O) groups is 2. The Bertz CT molecular complexity index is 488. The SMILES string of the molecule is O=C(O)[C@H]1CCC[C@H]1C(=O)N[C@H](CO)Cc1ccccc1. The van der Waals surface area contributed by atoms with E-state index in [0.717, 1.165) is 12.0 Å². The van der Waals surface area contributed by atoms with Crippen molar-refractivity contribution in [3.05, 3.63) is 35.9 Å². The van der Waals surface area contributed by atoms with Crippen LogP contribution in [-0.4, -0.2) is 34.7 Å². The second kappa shape index (κ2) is 7.22. The summed E-state index contributed by atoms with van der Waals surface area (Å²) < 4.78 is 0. The minimum atomic E-state index is -0.906. The van der Waals surface area contributed by atoms with Gasteiger partial charge in [-0.05, 0) is 24.8 Å². The van der Waals surface area contributed by atoms with Crippen molar-refractivity contribution in [1.29, 1.82) is 0 Å². The first-order chi connectivity index (χ1) is 10.1. The molecule has 0 spiro atoms. The lowest BCUT2D eigenvalue weighted by Crippen LogP contribution is -2.44. The zero-order valence-electron chi connectivity index (χ0n) is 11.9. The predicted octanol–water partition coefficient (Wildman–Crippen LogP) is 1.21. The fourth-order valence-corrected chi connectivity index (χ4v) is 2.94. The van der Waals surface area contributed by atoms with E-state index in [1.54, 1.807) is 0 Å². The fourth-order valence-electron chi connectivity index (χ4n) is 2.94. The minimum absolute atomic E-state index is 0.162. The predicted molar refractivity (Wildman–Crippen MR) is 77.6 cm³/mol. The summed E-state index contributed by atoms with van der Waals surface area (Å²) in [5.41, 5.74) is 1.03. The molecule has 0 unspecified atom stereocenters. The van der Waals surface area contributed by atoms with E-state index in [0.29, 0.717) is 19.3 Å². The van der Waals surface area contributed by atoms with Crippen molar-refractivity contribution in [3.63, 3.8) is 0 Å². The highest BCUT2D eigenvalue weighted by Crippen LogP contribution is 2.32. The summed E-state index contributed by atoms with van der Waals surface area (Å²) in [6.07, 6.45) is 2.45. The third-order valence-electron chi connectivity index (χ3n) is 4.06. The van der Waals surface area contributed by atoms with Crippen LogP contribution in [-0.2, 0) is 16.0 Å². The van der Waals surface area contributed by atoms with E-state index in [4.69, 9.17) is 5.11 Å². The van der Waals surface area contributed by atoms with Crippen LogP contribution in [0, 0.1) is 11.8 Å². The largest absolute Gasteiger partial charge is 0.481 e. The van der Waals surface area contributed by atoms with Gasteiger partial charge in [-0.3, -0.25) is 9.59 Å². The smallest absolute Gasteiger partial charge is 0.307 e.